The molecular weight excluding hydrogens is 258 g/mol. The minimum absolute atomic E-state index is 0. The van der Waals surface area contributed by atoms with E-state index in [1.54, 1.807) is 0 Å². The van der Waals surface area contributed by atoms with Gasteiger partial charge in [-0.2, -0.15) is 0 Å². The van der Waals surface area contributed by atoms with Crippen LogP contribution in [0.25, 0.3) is 0 Å². The maximum absolute atomic E-state index is 2.47. The van der Waals surface area contributed by atoms with Gasteiger partial charge in [-0.3, -0.25) is 0 Å². The van der Waals surface area contributed by atoms with Crippen LogP contribution in [0, 0.1) is 0 Å². The first kappa shape index (κ1) is 17.4. The summed E-state index contributed by atoms with van der Waals surface area (Å²) in [7, 11) is 0. The Balaban J connectivity index is 0.00000220. The highest BCUT2D eigenvalue weighted by Gasteiger charge is 2.15. The SMILES string of the molecule is CCCCC[NH2+]CC(c1ccccc1)c1ccccc1.[OH-]. The fourth-order valence-electron chi connectivity index (χ4n) is 2.66. The van der Waals surface area contributed by atoms with Gasteiger partial charge in [0.05, 0.1) is 19.0 Å². The van der Waals surface area contributed by atoms with Gasteiger partial charge in [-0.1, -0.05) is 74.0 Å². The Bertz CT molecular complexity index is 430. The molecule has 0 saturated heterocycles. The van der Waals surface area contributed by atoms with Crippen LogP contribution in [-0.4, -0.2) is 18.6 Å². The molecule has 0 fully saturated rings. The van der Waals surface area contributed by atoms with Crippen LogP contribution in [0.4, 0.5) is 0 Å². The van der Waals surface area contributed by atoms with Crippen LogP contribution in [-0.2, 0) is 0 Å². The van der Waals surface area contributed by atoms with Crippen molar-refractivity contribution in [3.05, 3.63) is 71.8 Å². The van der Waals surface area contributed by atoms with E-state index in [1.807, 2.05) is 0 Å². The van der Waals surface area contributed by atoms with Gasteiger partial charge in [0, 0.05) is 0 Å². The van der Waals surface area contributed by atoms with E-state index < -0.39 is 0 Å². The van der Waals surface area contributed by atoms with Crippen molar-refractivity contribution in [3.8, 4) is 0 Å². The monoisotopic (exact) mass is 285 g/mol. The Morgan fingerprint density at radius 2 is 1.33 bits per heavy atom. The average molecular weight is 285 g/mol. The summed E-state index contributed by atoms with van der Waals surface area (Å²) in [4.78, 5) is 0. The molecule has 0 heterocycles. The summed E-state index contributed by atoms with van der Waals surface area (Å²) in [5, 5.41) is 2.47. The molecule has 0 aliphatic heterocycles. The lowest BCUT2D eigenvalue weighted by Gasteiger charge is -2.16. The zero-order valence-electron chi connectivity index (χ0n) is 12.9. The van der Waals surface area contributed by atoms with Gasteiger partial charge in [0.25, 0.3) is 0 Å². The molecule has 2 nitrogen and oxygen atoms in total. The predicted molar refractivity (Wildman–Crippen MR) is 87.8 cm³/mol. The van der Waals surface area contributed by atoms with E-state index in [0.29, 0.717) is 5.92 Å². The summed E-state index contributed by atoms with van der Waals surface area (Å²) in [6, 6.07) is 21.7. The van der Waals surface area contributed by atoms with Crippen LogP contribution in [0.2, 0.25) is 0 Å². The molecule has 0 aliphatic carbocycles. The number of rotatable bonds is 8. The zero-order chi connectivity index (χ0) is 14.0. The van der Waals surface area contributed by atoms with Crippen LogP contribution in [0.3, 0.4) is 0 Å². The van der Waals surface area contributed by atoms with Crippen molar-refractivity contribution >= 4 is 0 Å². The van der Waals surface area contributed by atoms with Crippen molar-refractivity contribution in [2.24, 2.45) is 0 Å². The molecule has 21 heavy (non-hydrogen) atoms. The Labute approximate surface area is 128 Å². The topological polar surface area (TPSA) is 46.6 Å². The average Bonchev–Trinajstić information content (AvgIpc) is 2.53. The molecule has 0 aromatic heterocycles. The van der Waals surface area contributed by atoms with E-state index in [9.17, 15) is 0 Å². The van der Waals surface area contributed by atoms with Crippen LogP contribution >= 0.6 is 0 Å². The molecule has 2 rings (SSSR count). The molecule has 114 valence electrons. The van der Waals surface area contributed by atoms with Gasteiger partial charge in [-0.05, 0) is 24.0 Å². The molecule has 2 aromatic carbocycles. The maximum atomic E-state index is 2.47. The molecule has 3 N–H and O–H groups in total. The van der Waals surface area contributed by atoms with Crippen molar-refractivity contribution in [1.82, 2.24) is 0 Å². The highest BCUT2D eigenvalue weighted by Crippen LogP contribution is 2.22. The van der Waals surface area contributed by atoms with E-state index >= 15 is 0 Å². The van der Waals surface area contributed by atoms with Crippen LogP contribution in [0.15, 0.2) is 60.7 Å². The summed E-state index contributed by atoms with van der Waals surface area (Å²) >= 11 is 0. The summed E-state index contributed by atoms with van der Waals surface area (Å²) in [5.74, 6) is 0.499. The molecule has 2 aromatic rings. The van der Waals surface area contributed by atoms with Crippen molar-refractivity contribution in [1.29, 1.82) is 0 Å². The van der Waals surface area contributed by atoms with Crippen LogP contribution < -0.4 is 5.32 Å². The fourth-order valence-corrected chi connectivity index (χ4v) is 2.66. The predicted octanol–water partition coefficient (Wildman–Crippen LogP) is 3.40. The van der Waals surface area contributed by atoms with E-state index in [-0.39, 0.29) is 5.48 Å². The van der Waals surface area contributed by atoms with E-state index in [4.69, 9.17) is 0 Å². The first-order valence-corrected chi connectivity index (χ1v) is 7.83. The highest BCUT2D eigenvalue weighted by atomic mass is 16.0. The van der Waals surface area contributed by atoms with E-state index in [1.165, 1.54) is 36.9 Å². The van der Waals surface area contributed by atoms with Gasteiger partial charge >= 0.3 is 0 Å². The Hall–Kier alpha value is -1.64. The highest BCUT2D eigenvalue weighted by molar-refractivity contribution is 5.32. The second-order valence-electron chi connectivity index (χ2n) is 5.39. The minimum Gasteiger partial charge on any atom is -0.870 e. The Morgan fingerprint density at radius 3 is 1.81 bits per heavy atom. The molecule has 0 radical (unpaired) electrons. The van der Waals surface area contributed by atoms with Gasteiger partial charge in [-0.25, -0.2) is 0 Å². The lowest BCUT2D eigenvalue weighted by atomic mass is 9.91. The van der Waals surface area contributed by atoms with E-state index in [2.05, 4.69) is 72.9 Å². The van der Waals surface area contributed by atoms with Crippen LogP contribution in [0.1, 0.15) is 43.2 Å². The summed E-state index contributed by atoms with van der Waals surface area (Å²) < 4.78 is 0. The number of benzene rings is 2. The van der Waals surface area contributed by atoms with Gasteiger partial charge in [0.2, 0.25) is 0 Å². The number of hydrogen-bond acceptors (Lipinski definition) is 1. The summed E-state index contributed by atoms with van der Waals surface area (Å²) in [6.45, 7) is 4.64. The molecule has 0 spiro atoms. The largest absolute Gasteiger partial charge is 0.870 e. The third-order valence-electron chi connectivity index (χ3n) is 3.82. The van der Waals surface area contributed by atoms with E-state index in [0.717, 1.165) is 6.54 Å². The van der Waals surface area contributed by atoms with Gasteiger partial charge in [-0.15, -0.1) is 0 Å². The van der Waals surface area contributed by atoms with Gasteiger partial charge in [0.15, 0.2) is 0 Å². The first-order chi connectivity index (χ1) is 9.92. The van der Waals surface area contributed by atoms with Crippen molar-refractivity contribution < 1.29 is 10.8 Å². The van der Waals surface area contributed by atoms with Crippen molar-refractivity contribution in [3.63, 3.8) is 0 Å². The number of hydrogen-bond donors (Lipinski definition) is 1. The normalized spacial score (nSPS) is 10.4. The Morgan fingerprint density at radius 1 is 0.810 bits per heavy atom. The third kappa shape index (κ3) is 5.70. The quantitative estimate of drug-likeness (QED) is 0.742. The second kappa shape index (κ2) is 10.1. The Kier molecular flexibility index (Phi) is 8.41. The first-order valence-electron chi connectivity index (χ1n) is 7.83. The second-order valence-corrected chi connectivity index (χ2v) is 5.39. The number of quaternary nitrogens is 1. The molecule has 0 amide bonds. The molecule has 0 aliphatic rings. The standard InChI is InChI=1S/C19H25N.H2O/c1-2-3-10-15-20-16-19(17-11-6-4-7-12-17)18-13-8-5-9-14-18;/h4-9,11-14,19-20H,2-3,10,15-16H2,1H3;1H2. The molecule has 0 atom stereocenters. The molecule has 0 unspecified atom stereocenters. The van der Waals surface area contributed by atoms with Crippen LogP contribution in [0.5, 0.6) is 0 Å². The van der Waals surface area contributed by atoms with Crippen molar-refractivity contribution in [2.45, 2.75) is 32.1 Å². The molecule has 0 saturated carbocycles. The third-order valence-corrected chi connectivity index (χ3v) is 3.82. The molecule has 2 heteroatoms. The lowest BCUT2D eigenvalue weighted by Crippen LogP contribution is -2.85. The zero-order valence-corrected chi connectivity index (χ0v) is 12.9. The maximum Gasteiger partial charge on any atom is 0.0866 e. The van der Waals surface area contributed by atoms with Crippen molar-refractivity contribution in [2.75, 3.05) is 13.1 Å². The summed E-state index contributed by atoms with van der Waals surface area (Å²) in [6.07, 6.45) is 3.97. The summed E-state index contributed by atoms with van der Waals surface area (Å²) in [5.41, 5.74) is 2.84. The number of unbranched alkanes of at least 4 members (excludes halogenated alkanes) is 2. The number of nitrogens with two attached hydrogens (primary N) is 1. The fraction of sp³-hybridized carbons (Fsp3) is 0.368. The molecular formula is C19H27NO. The van der Waals surface area contributed by atoms with Gasteiger partial charge in [0.1, 0.15) is 0 Å². The smallest absolute Gasteiger partial charge is 0.0866 e. The molecule has 0 bridgehead atoms. The lowest BCUT2D eigenvalue weighted by molar-refractivity contribution is -0.656. The minimum atomic E-state index is 0. The van der Waals surface area contributed by atoms with Gasteiger partial charge < -0.3 is 10.8 Å².